The first-order valence-corrected chi connectivity index (χ1v) is 5.84. The quantitative estimate of drug-likeness (QED) is 0.832. The molecule has 1 aromatic rings. The summed E-state index contributed by atoms with van der Waals surface area (Å²) in [6.07, 6.45) is 2.08. The van der Waals surface area contributed by atoms with Gasteiger partial charge in [-0.05, 0) is 31.0 Å². The largest absolute Gasteiger partial charge is 0.325 e. The van der Waals surface area contributed by atoms with E-state index >= 15 is 0 Å². The Bertz CT molecular complexity index is 475. The molecule has 88 valence electrons. The second kappa shape index (κ2) is 5.07. The van der Waals surface area contributed by atoms with Crippen LogP contribution in [-0.2, 0) is 0 Å². The third-order valence-corrected chi connectivity index (χ3v) is 3.06. The van der Waals surface area contributed by atoms with E-state index in [1.807, 2.05) is 6.07 Å². The van der Waals surface area contributed by atoms with Crippen molar-refractivity contribution in [3.05, 3.63) is 28.8 Å². The molecule has 4 nitrogen and oxygen atoms in total. The van der Waals surface area contributed by atoms with Crippen LogP contribution in [0.15, 0.2) is 18.2 Å². The van der Waals surface area contributed by atoms with Crippen LogP contribution in [0.4, 0.5) is 10.5 Å². The van der Waals surface area contributed by atoms with Gasteiger partial charge in [-0.2, -0.15) is 5.26 Å². The number of halogens is 1. The third kappa shape index (κ3) is 2.69. The minimum atomic E-state index is -0.153. The molecule has 1 aliphatic rings. The molecule has 0 radical (unpaired) electrons. The molecule has 0 spiro atoms. The zero-order valence-corrected chi connectivity index (χ0v) is 10.00. The maximum absolute atomic E-state index is 11.8. The SMILES string of the molecule is N#Cc1ccc(Cl)c(NC(=O)N2CCCC2)c1. The first kappa shape index (κ1) is 11.7. The molecular weight excluding hydrogens is 238 g/mol. The number of hydrogen-bond donors (Lipinski definition) is 1. The first-order chi connectivity index (χ1) is 8.20. The zero-order chi connectivity index (χ0) is 12.3. The molecule has 1 heterocycles. The van der Waals surface area contributed by atoms with Crippen molar-refractivity contribution in [1.82, 2.24) is 4.90 Å². The van der Waals surface area contributed by atoms with E-state index in [9.17, 15) is 4.79 Å². The zero-order valence-electron chi connectivity index (χ0n) is 9.24. The molecule has 1 N–H and O–H groups in total. The summed E-state index contributed by atoms with van der Waals surface area (Å²) in [6, 6.07) is 6.67. The number of nitrogens with one attached hydrogen (secondary N) is 1. The number of anilines is 1. The number of benzene rings is 1. The average molecular weight is 250 g/mol. The highest BCUT2D eigenvalue weighted by molar-refractivity contribution is 6.33. The van der Waals surface area contributed by atoms with E-state index in [4.69, 9.17) is 16.9 Å². The van der Waals surface area contributed by atoms with Crippen LogP contribution in [0.5, 0.6) is 0 Å². The maximum atomic E-state index is 11.8. The standard InChI is InChI=1S/C12H12ClN3O/c13-10-4-3-9(8-14)7-11(10)15-12(17)16-5-1-2-6-16/h3-4,7H,1-2,5-6H2,(H,15,17). The Morgan fingerprint density at radius 2 is 2.12 bits per heavy atom. The van der Waals surface area contributed by atoms with E-state index in [-0.39, 0.29) is 6.03 Å². The van der Waals surface area contributed by atoms with Gasteiger partial charge in [0.1, 0.15) is 0 Å². The van der Waals surface area contributed by atoms with Crippen molar-refractivity contribution in [2.75, 3.05) is 18.4 Å². The van der Waals surface area contributed by atoms with Gasteiger partial charge in [-0.3, -0.25) is 0 Å². The lowest BCUT2D eigenvalue weighted by molar-refractivity contribution is 0.222. The number of amides is 2. The lowest BCUT2D eigenvalue weighted by Gasteiger charge is -2.16. The van der Waals surface area contributed by atoms with Crippen LogP contribution in [0.2, 0.25) is 5.02 Å². The van der Waals surface area contributed by atoms with Crippen LogP contribution in [0.3, 0.4) is 0 Å². The number of urea groups is 1. The molecule has 0 aliphatic carbocycles. The summed E-state index contributed by atoms with van der Waals surface area (Å²) < 4.78 is 0. The Hall–Kier alpha value is -1.73. The van der Waals surface area contributed by atoms with E-state index < -0.39 is 0 Å². The average Bonchev–Trinajstić information content (AvgIpc) is 2.85. The predicted octanol–water partition coefficient (Wildman–Crippen LogP) is 2.84. The summed E-state index contributed by atoms with van der Waals surface area (Å²) in [5.74, 6) is 0. The molecule has 1 fully saturated rings. The van der Waals surface area contributed by atoms with Crippen LogP contribution >= 0.6 is 11.6 Å². The monoisotopic (exact) mass is 249 g/mol. The Kier molecular flexibility index (Phi) is 3.50. The van der Waals surface area contributed by atoms with Crippen molar-refractivity contribution in [3.8, 4) is 6.07 Å². The van der Waals surface area contributed by atoms with Gasteiger partial charge in [0.15, 0.2) is 0 Å². The molecule has 0 saturated carbocycles. The lowest BCUT2D eigenvalue weighted by Crippen LogP contribution is -2.32. The topological polar surface area (TPSA) is 56.1 Å². The summed E-state index contributed by atoms with van der Waals surface area (Å²) in [5, 5.41) is 12.0. The summed E-state index contributed by atoms with van der Waals surface area (Å²) >= 11 is 5.96. The molecule has 2 rings (SSSR count). The fourth-order valence-electron chi connectivity index (χ4n) is 1.81. The summed E-state index contributed by atoms with van der Waals surface area (Å²) in [5.41, 5.74) is 0.966. The van der Waals surface area contributed by atoms with Crippen LogP contribution < -0.4 is 5.32 Å². The van der Waals surface area contributed by atoms with Crippen LogP contribution in [0.1, 0.15) is 18.4 Å². The van der Waals surface area contributed by atoms with Crippen LogP contribution in [0.25, 0.3) is 0 Å². The molecule has 0 bridgehead atoms. The Balaban J connectivity index is 2.12. The molecule has 0 atom stereocenters. The van der Waals surface area contributed by atoms with Crippen molar-refractivity contribution >= 4 is 23.3 Å². The number of likely N-dealkylation sites (tertiary alicyclic amines) is 1. The fraction of sp³-hybridized carbons (Fsp3) is 0.333. The number of nitrogens with zero attached hydrogens (tertiary/aromatic N) is 2. The van der Waals surface area contributed by atoms with E-state index in [1.165, 1.54) is 0 Å². The van der Waals surface area contributed by atoms with E-state index in [1.54, 1.807) is 23.1 Å². The number of carbonyl (C=O) groups is 1. The van der Waals surface area contributed by atoms with Gasteiger partial charge in [-0.25, -0.2) is 4.79 Å². The van der Waals surface area contributed by atoms with E-state index in [0.29, 0.717) is 16.3 Å². The second-order valence-corrected chi connectivity index (χ2v) is 4.34. The Morgan fingerprint density at radius 1 is 1.41 bits per heavy atom. The van der Waals surface area contributed by atoms with Crippen molar-refractivity contribution in [2.24, 2.45) is 0 Å². The summed E-state index contributed by atoms with van der Waals surface area (Å²) in [4.78, 5) is 13.6. The molecule has 1 aliphatic heterocycles. The highest BCUT2D eigenvalue weighted by atomic mass is 35.5. The lowest BCUT2D eigenvalue weighted by atomic mass is 10.2. The number of nitriles is 1. The van der Waals surface area contributed by atoms with Crippen molar-refractivity contribution in [2.45, 2.75) is 12.8 Å². The molecule has 1 saturated heterocycles. The van der Waals surface area contributed by atoms with Crippen molar-refractivity contribution < 1.29 is 4.79 Å². The Morgan fingerprint density at radius 3 is 2.76 bits per heavy atom. The van der Waals surface area contributed by atoms with Gasteiger partial charge in [0.25, 0.3) is 0 Å². The van der Waals surface area contributed by atoms with Gasteiger partial charge in [-0.15, -0.1) is 0 Å². The van der Waals surface area contributed by atoms with E-state index in [0.717, 1.165) is 25.9 Å². The fourth-order valence-corrected chi connectivity index (χ4v) is 1.97. The third-order valence-electron chi connectivity index (χ3n) is 2.73. The molecule has 5 heteroatoms. The van der Waals surface area contributed by atoms with Gasteiger partial charge in [0.2, 0.25) is 0 Å². The number of carbonyl (C=O) groups excluding carboxylic acids is 1. The molecule has 0 unspecified atom stereocenters. The molecule has 0 aromatic heterocycles. The van der Waals surface area contributed by atoms with Crippen molar-refractivity contribution in [3.63, 3.8) is 0 Å². The van der Waals surface area contributed by atoms with Gasteiger partial charge in [-0.1, -0.05) is 11.6 Å². The Labute approximate surface area is 105 Å². The maximum Gasteiger partial charge on any atom is 0.321 e. The minimum Gasteiger partial charge on any atom is -0.325 e. The van der Waals surface area contributed by atoms with Crippen LogP contribution in [0, 0.1) is 11.3 Å². The minimum absolute atomic E-state index is 0.153. The normalized spacial score (nSPS) is 14.5. The number of hydrogen-bond acceptors (Lipinski definition) is 2. The number of rotatable bonds is 1. The van der Waals surface area contributed by atoms with Gasteiger partial charge < -0.3 is 10.2 Å². The second-order valence-electron chi connectivity index (χ2n) is 3.93. The molecular formula is C12H12ClN3O. The molecule has 17 heavy (non-hydrogen) atoms. The highest BCUT2D eigenvalue weighted by Gasteiger charge is 2.18. The van der Waals surface area contributed by atoms with Gasteiger partial charge in [0, 0.05) is 13.1 Å². The summed E-state index contributed by atoms with van der Waals surface area (Å²) in [6.45, 7) is 1.56. The van der Waals surface area contributed by atoms with E-state index in [2.05, 4.69) is 5.32 Å². The smallest absolute Gasteiger partial charge is 0.321 e. The van der Waals surface area contributed by atoms with Gasteiger partial charge in [0.05, 0.1) is 22.3 Å². The molecule has 1 aromatic carbocycles. The first-order valence-electron chi connectivity index (χ1n) is 5.46. The highest BCUT2D eigenvalue weighted by Crippen LogP contribution is 2.23. The predicted molar refractivity (Wildman–Crippen MR) is 66.0 cm³/mol. The van der Waals surface area contributed by atoms with Crippen LogP contribution in [-0.4, -0.2) is 24.0 Å². The summed E-state index contributed by atoms with van der Waals surface area (Å²) in [7, 11) is 0. The van der Waals surface area contributed by atoms with Crippen molar-refractivity contribution in [1.29, 1.82) is 5.26 Å². The van der Waals surface area contributed by atoms with Gasteiger partial charge >= 0.3 is 6.03 Å². The molecule has 2 amide bonds.